The van der Waals surface area contributed by atoms with E-state index in [1.54, 1.807) is 0 Å². The highest BCUT2D eigenvalue weighted by Crippen LogP contribution is 2.33. The third-order valence-electron chi connectivity index (χ3n) is 2.65. The van der Waals surface area contributed by atoms with E-state index in [-0.39, 0.29) is 18.8 Å². The molecule has 84 valence electrons. The number of rotatable bonds is 1. The monoisotopic (exact) mass is 238 g/mol. The number of hydrogen-bond acceptors (Lipinski definition) is 3. The van der Waals surface area contributed by atoms with Gasteiger partial charge in [0.05, 0.1) is 12.8 Å². The van der Waals surface area contributed by atoms with Gasteiger partial charge in [-0.05, 0) is 24.1 Å². The van der Waals surface area contributed by atoms with Gasteiger partial charge in [-0.25, -0.2) is 0 Å². The molecule has 1 aliphatic heterocycles. The summed E-state index contributed by atoms with van der Waals surface area (Å²) in [5.74, 6) is -1.10. The Morgan fingerprint density at radius 2 is 1.88 bits per heavy atom. The molecular formula is C12H11ClO3. The molecule has 1 fully saturated rings. The van der Waals surface area contributed by atoms with Crippen LogP contribution in [0.15, 0.2) is 18.2 Å². The summed E-state index contributed by atoms with van der Waals surface area (Å²) in [6, 6.07) is 5.63. The van der Waals surface area contributed by atoms with Crippen LogP contribution in [0.1, 0.15) is 29.9 Å². The molecule has 1 aromatic carbocycles. The Kier molecular flexibility index (Phi) is 2.97. The first-order chi connectivity index (χ1) is 7.56. The lowest BCUT2D eigenvalue weighted by Crippen LogP contribution is -2.24. The lowest BCUT2D eigenvalue weighted by molar-refractivity contribution is -0.163. The molecule has 3 nitrogen and oxygen atoms in total. The largest absolute Gasteiger partial charge is 0.393 e. The zero-order chi connectivity index (χ0) is 11.7. The van der Waals surface area contributed by atoms with Crippen molar-refractivity contribution in [3.8, 4) is 0 Å². The molecular weight excluding hydrogens is 228 g/mol. The van der Waals surface area contributed by atoms with Crippen molar-refractivity contribution in [1.82, 2.24) is 0 Å². The normalized spacial score (nSPS) is 17.4. The van der Waals surface area contributed by atoms with E-state index in [9.17, 15) is 9.59 Å². The molecule has 1 saturated heterocycles. The highest BCUT2D eigenvalue weighted by molar-refractivity contribution is 6.31. The minimum Gasteiger partial charge on any atom is -0.393 e. The number of benzene rings is 1. The molecule has 0 N–H and O–H groups in total. The average molecular weight is 239 g/mol. The maximum Gasteiger partial charge on any atom is 0.314 e. The maximum absolute atomic E-state index is 11.1. The molecule has 4 heteroatoms. The van der Waals surface area contributed by atoms with E-state index in [0.717, 1.165) is 11.1 Å². The van der Waals surface area contributed by atoms with Crippen molar-refractivity contribution >= 4 is 23.5 Å². The van der Waals surface area contributed by atoms with Crippen LogP contribution in [0.3, 0.4) is 0 Å². The lowest BCUT2D eigenvalue weighted by atomic mass is 9.90. The van der Waals surface area contributed by atoms with Gasteiger partial charge in [0.15, 0.2) is 0 Å². The van der Waals surface area contributed by atoms with Crippen LogP contribution in [0, 0.1) is 6.92 Å². The van der Waals surface area contributed by atoms with E-state index < -0.39 is 11.9 Å². The Bertz CT molecular complexity index is 438. The number of halogens is 1. The molecule has 0 unspecified atom stereocenters. The topological polar surface area (TPSA) is 43.4 Å². The second-order valence-electron chi connectivity index (χ2n) is 3.98. The van der Waals surface area contributed by atoms with Crippen LogP contribution in [0.5, 0.6) is 0 Å². The molecule has 16 heavy (non-hydrogen) atoms. The number of ether oxygens (including phenoxy) is 1. The predicted octanol–water partition coefficient (Wildman–Crippen LogP) is 2.60. The van der Waals surface area contributed by atoms with Crippen LogP contribution in [-0.4, -0.2) is 11.9 Å². The molecule has 1 aromatic rings. The molecule has 0 radical (unpaired) electrons. The van der Waals surface area contributed by atoms with Crippen molar-refractivity contribution in [3.05, 3.63) is 34.3 Å². The standard InChI is InChI=1S/C12H11ClO3/c1-7-2-3-9(10(13)4-7)8-5-11(14)16-12(15)6-8/h2-4,8H,5-6H2,1H3. The van der Waals surface area contributed by atoms with E-state index in [2.05, 4.69) is 4.74 Å². The first-order valence-corrected chi connectivity index (χ1v) is 5.43. The Hall–Kier alpha value is -1.35. The van der Waals surface area contributed by atoms with E-state index in [1.165, 1.54) is 0 Å². The van der Waals surface area contributed by atoms with Crippen LogP contribution >= 0.6 is 11.6 Å². The summed E-state index contributed by atoms with van der Waals surface area (Å²) in [7, 11) is 0. The van der Waals surface area contributed by atoms with Crippen molar-refractivity contribution < 1.29 is 14.3 Å². The Morgan fingerprint density at radius 1 is 1.25 bits per heavy atom. The van der Waals surface area contributed by atoms with Gasteiger partial charge in [0, 0.05) is 10.9 Å². The van der Waals surface area contributed by atoms with Crippen molar-refractivity contribution in [2.45, 2.75) is 25.7 Å². The molecule has 0 bridgehead atoms. The second-order valence-corrected chi connectivity index (χ2v) is 4.38. The summed E-state index contributed by atoms with van der Waals surface area (Å²) in [6.07, 6.45) is 0.434. The van der Waals surface area contributed by atoms with Crippen LogP contribution in [0.4, 0.5) is 0 Å². The number of carbonyl (C=O) groups excluding carboxylic acids is 2. The average Bonchev–Trinajstić information content (AvgIpc) is 2.15. The van der Waals surface area contributed by atoms with Gasteiger partial charge in [0.1, 0.15) is 0 Å². The van der Waals surface area contributed by atoms with Gasteiger partial charge in [-0.1, -0.05) is 23.7 Å². The molecule has 1 aliphatic rings. The number of hydrogen-bond donors (Lipinski definition) is 0. The van der Waals surface area contributed by atoms with Crippen molar-refractivity contribution in [3.63, 3.8) is 0 Å². The van der Waals surface area contributed by atoms with Gasteiger partial charge >= 0.3 is 11.9 Å². The second kappa shape index (κ2) is 4.26. The summed E-state index contributed by atoms with van der Waals surface area (Å²) < 4.78 is 4.48. The first kappa shape index (κ1) is 11.1. The third kappa shape index (κ3) is 2.25. The Balaban J connectivity index is 2.29. The number of aryl methyl sites for hydroxylation is 1. The molecule has 0 aromatic heterocycles. The highest BCUT2D eigenvalue weighted by Gasteiger charge is 2.29. The zero-order valence-electron chi connectivity index (χ0n) is 8.83. The van der Waals surface area contributed by atoms with Crippen molar-refractivity contribution in [1.29, 1.82) is 0 Å². The number of cyclic esters (lactones) is 2. The summed E-state index contributed by atoms with van der Waals surface area (Å²) >= 11 is 6.09. The number of esters is 2. The molecule has 0 spiro atoms. The van der Waals surface area contributed by atoms with Gasteiger partial charge in [0.2, 0.25) is 0 Å². The van der Waals surface area contributed by atoms with Crippen molar-refractivity contribution in [2.75, 3.05) is 0 Å². The predicted molar refractivity (Wildman–Crippen MR) is 59.3 cm³/mol. The van der Waals surface area contributed by atoms with Gasteiger partial charge in [-0.15, -0.1) is 0 Å². The highest BCUT2D eigenvalue weighted by atomic mass is 35.5. The number of carbonyl (C=O) groups is 2. The van der Waals surface area contributed by atoms with Crippen LogP contribution in [0.2, 0.25) is 5.02 Å². The lowest BCUT2D eigenvalue weighted by Gasteiger charge is -2.21. The van der Waals surface area contributed by atoms with E-state index in [4.69, 9.17) is 11.6 Å². The fraction of sp³-hybridized carbons (Fsp3) is 0.333. The van der Waals surface area contributed by atoms with Crippen LogP contribution in [0.25, 0.3) is 0 Å². The SMILES string of the molecule is Cc1ccc(C2CC(=O)OC(=O)C2)c(Cl)c1. The van der Waals surface area contributed by atoms with Crippen LogP contribution < -0.4 is 0 Å². The first-order valence-electron chi connectivity index (χ1n) is 5.06. The van der Waals surface area contributed by atoms with Gasteiger partial charge in [-0.3, -0.25) is 9.59 Å². The van der Waals surface area contributed by atoms with Gasteiger partial charge < -0.3 is 4.74 Å². The summed E-state index contributed by atoms with van der Waals surface area (Å²) in [4.78, 5) is 22.3. The van der Waals surface area contributed by atoms with Gasteiger partial charge in [0.25, 0.3) is 0 Å². The molecule has 0 atom stereocenters. The zero-order valence-corrected chi connectivity index (χ0v) is 9.58. The fourth-order valence-corrected chi connectivity index (χ4v) is 2.26. The Labute approximate surface area is 98.4 Å². The molecule has 2 rings (SSSR count). The summed E-state index contributed by atoms with van der Waals surface area (Å²) in [5, 5.41) is 0.604. The summed E-state index contributed by atoms with van der Waals surface area (Å²) in [5.41, 5.74) is 1.90. The molecule has 0 aliphatic carbocycles. The van der Waals surface area contributed by atoms with Gasteiger partial charge in [-0.2, -0.15) is 0 Å². The third-order valence-corrected chi connectivity index (χ3v) is 2.98. The minimum atomic E-state index is -0.474. The molecule has 1 heterocycles. The van der Waals surface area contributed by atoms with E-state index >= 15 is 0 Å². The van der Waals surface area contributed by atoms with E-state index in [1.807, 2.05) is 25.1 Å². The smallest absolute Gasteiger partial charge is 0.314 e. The molecule has 0 amide bonds. The fourth-order valence-electron chi connectivity index (χ4n) is 1.87. The maximum atomic E-state index is 11.1. The molecule has 0 saturated carbocycles. The van der Waals surface area contributed by atoms with E-state index in [0.29, 0.717) is 5.02 Å². The Morgan fingerprint density at radius 3 is 2.44 bits per heavy atom. The van der Waals surface area contributed by atoms with Crippen LogP contribution in [-0.2, 0) is 14.3 Å². The minimum absolute atomic E-state index is 0.151. The quantitative estimate of drug-likeness (QED) is 0.558. The van der Waals surface area contributed by atoms with Crippen molar-refractivity contribution in [2.24, 2.45) is 0 Å². The summed E-state index contributed by atoms with van der Waals surface area (Å²) in [6.45, 7) is 1.94.